The van der Waals surface area contributed by atoms with E-state index in [4.69, 9.17) is 16.3 Å². The molecule has 3 aromatic rings. The Kier molecular flexibility index (Phi) is 6.76. The number of nitrogens with one attached hydrogen (secondary N) is 1. The number of hydrogen-bond donors (Lipinski definition) is 1. The predicted molar refractivity (Wildman–Crippen MR) is 130 cm³/mol. The lowest BCUT2D eigenvalue weighted by atomic mass is 10.1. The van der Waals surface area contributed by atoms with Crippen LogP contribution in [0.5, 0.6) is 5.75 Å². The van der Waals surface area contributed by atoms with E-state index in [0.717, 1.165) is 18.8 Å². The Morgan fingerprint density at radius 1 is 0.939 bits per heavy atom. The Morgan fingerprint density at radius 2 is 1.61 bits per heavy atom. The van der Waals surface area contributed by atoms with Gasteiger partial charge in [0.15, 0.2) is 0 Å². The van der Waals surface area contributed by atoms with Gasteiger partial charge in [0.2, 0.25) is 0 Å². The maximum atomic E-state index is 12.9. The van der Waals surface area contributed by atoms with Crippen LogP contribution in [0.3, 0.4) is 0 Å². The lowest BCUT2D eigenvalue weighted by Gasteiger charge is -2.36. The number of para-hydroxylation sites is 1. The number of halogens is 1. The molecule has 9 heteroatoms. The normalized spacial score (nSPS) is 14.1. The molecule has 1 N–H and O–H groups in total. The number of nitrogens with zero attached hydrogens (tertiary/aromatic N) is 2. The van der Waals surface area contributed by atoms with Crippen molar-refractivity contribution in [2.45, 2.75) is 4.90 Å². The average Bonchev–Trinajstić information content (AvgIpc) is 2.84. The summed E-state index contributed by atoms with van der Waals surface area (Å²) in [6.07, 6.45) is 0. The SMILES string of the molecule is COc1ccc(Cl)cc1S(=O)(=O)Nc1ccc(C(=O)N2CCN(c3ccccc3)CC2)cc1. The van der Waals surface area contributed by atoms with Crippen molar-refractivity contribution in [3.63, 3.8) is 0 Å². The Hall–Kier alpha value is -3.23. The molecular weight excluding hydrogens is 462 g/mol. The van der Waals surface area contributed by atoms with Gasteiger partial charge in [0.25, 0.3) is 15.9 Å². The highest BCUT2D eigenvalue weighted by Crippen LogP contribution is 2.29. The third kappa shape index (κ3) is 5.23. The van der Waals surface area contributed by atoms with E-state index in [1.54, 1.807) is 30.3 Å². The van der Waals surface area contributed by atoms with Crippen molar-refractivity contribution in [3.05, 3.63) is 83.4 Å². The fourth-order valence-corrected chi connectivity index (χ4v) is 5.23. The van der Waals surface area contributed by atoms with Gasteiger partial charge in [0.05, 0.1) is 7.11 Å². The molecule has 1 aliphatic heterocycles. The summed E-state index contributed by atoms with van der Waals surface area (Å²) >= 11 is 5.96. The molecular formula is C24H24ClN3O4S. The van der Waals surface area contributed by atoms with Gasteiger partial charge in [-0.25, -0.2) is 8.42 Å². The van der Waals surface area contributed by atoms with Crippen molar-refractivity contribution >= 4 is 38.9 Å². The first-order valence-corrected chi connectivity index (χ1v) is 12.3. The van der Waals surface area contributed by atoms with Crippen molar-refractivity contribution < 1.29 is 17.9 Å². The predicted octanol–water partition coefficient (Wildman–Crippen LogP) is 4.11. The maximum Gasteiger partial charge on any atom is 0.265 e. The first-order chi connectivity index (χ1) is 15.9. The van der Waals surface area contributed by atoms with Crippen LogP contribution >= 0.6 is 11.6 Å². The molecule has 0 bridgehead atoms. The van der Waals surface area contributed by atoms with Crippen LogP contribution in [0.2, 0.25) is 5.02 Å². The monoisotopic (exact) mass is 485 g/mol. The van der Waals surface area contributed by atoms with Crippen LogP contribution in [0, 0.1) is 0 Å². The molecule has 1 saturated heterocycles. The summed E-state index contributed by atoms with van der Waals surface area (Å²) in [6.45, 7) is 2.76. The van der Waals surface area contributed by atoms with E-state index in [0.29, 0.717) is 24.3 Å². The van der Waals surface area contributed by atoms with Crippen molar-refractivity contribution in [2.24, 2.45) is 0 Å². The lowest BCUT2D eigenvalue weighted by Crippen LogP contribution is -2.48. The average molecular weight is 486 g/mol. The van der Waals surface area contributed by atoms with Gasteiger partial charge < -0.3 is 14.5 Å². The first-order valence-electron chi connectivity index (χ1n) is 10.4. The van der Waals surface area contributed by atoms with Gasteiger partial charge in [-0.1, -0.05) is 29.8 Å². The largest absolute Gasteiger partial charge is 0.495 e. The van der Waals surface area contributed by atoms with Gasteiger partial charge in [0.1, 0.15) is 10.6 Å². The van der Waals surface area contributed by atoms with Crippen LogP contribution in [0.1, 0.15) is 10.4 Å². The summed E-state index contributed by atoms with van der Waals surface area (Å²) in [4.78, 5) is 16.9. The maximum absolute atomic E-state index is 12.9. The molecule has 0 spiro atoms. The Bertz CT molecular complexity index is 1230. The van der Waals surface area contributed by atoms with Crippen LogP contribution in [0.25, 0.3) is 0 Å². The zero-order valence-corrected chi connectivity index (χ0v) is 19.6. The van der Waals surface area contributed by atoms with E-state index in [1.165, 1.54) is 19.2 Å². The molecule has 4 rings (SSSR count). The molecule has 1 amide bonds. The lowest BCUT2D eigenvalue weighted by molar-refractivity contribution is 0.0747. The number of carbonyl (C=O) groups excluding carboxylic acids is 1. The van der Waals surface area contributed by atoms with E-state index >= 15 is 0 Å². The number of sulfonamides is 1. The minimum Gasteiger partial charge on any atom is -0.495 e. The molecule has 1 fully saturated rings. The molecule has 0 atom stereocenters. The topological polar surface area (TPSA) is 78.9 Å². The van der Waals surface area contributed by atoms with Crippen molar-refractivity contribution in [2.75, 3.05) is 42.9 Å². The van der Waals surface area contributed by atoms with E-state index in [-0.39, 0.29) is 21.6 Å². The summed E-state index contributed by atoms with van der Waals surface area (Å²) in [6, 6.07) is 20.9. The standard InChI is InChI=1S/C24H24ClN3O4S/c1-32-22-12-9-19(25)17-23(22)33(30,31)26-20-10-7-18(8-11-20)24(29)28-15-13-27(14-16-28)21-5-3-2-4-6-21/h2-12,17,26H,13-16H2,1H3. The number of ether oxygens (including phenoxy) is 1. The van der Waals surface area contributed by atoms with Gasteiger partial charge in [-0.2, -0.15) is 0 Å². The highest BCUT2D eigenvalue weighted by Gasteiger charge is 2.23. The van der Waals surface area contributed by atoms with E-state index in [2.05, 4.69) is 21.8 Å². The zero-order chi connectivity index (χ0) is 23.4. The number of hydrogen-bond acceptors (Lipinski definition) is 5. The van der Waals surface area contributed by atoms with E-state index in [1.807, 2.05) is 23.1 Å². The quantitative estimate of drug-likeness (QED) is 0.568. The molecule has 1 heterocycles. The van der Waals surface area contributed by atoms with Crippen molar-refractivity contribution in [1.29, 1.82) is 0 Å². The molecule has 0 saturated carbocycles. The van der Waals surface area contributed by atoms with Gasteiger partial charge in [-0.15, -0.1) is 0 Å². The van der Waals surface area contributed by atoms with Gasteiger partial charge >= 0.3 is 0 Å². The first kappa shape index (κ1) is 22.9. The molecule has 7 nitrogen and oxygen atoms in total. The molecule has 172 valence electrons. The number of carbonyl (C=O) groups is 1. The van der Waals surface area contributed by atoms with Gasteiger partial charge in [-0.3, -0.25) is 9.52 Å². The third-order valence-corrected chi connectivity index (χ3v) is 7.13. The van der Waals surface area contributed by atoms with E-state index < -0.39 is 10.0 Å². The van der Waals surface area contributed by atoms with Gasteiger partial charge in [-0.05, 0) is 54.6 Å². The molecule has 0 radical (unpaired) electrons. The summed E-state index contributed by atoms with van der Waals surface area (Å²) < 4.78 is 33.3. The summed E-state index contributed by atoms with van der Waals surface area (Å²) in [5.74, 6) is 0.113. The molecule has 1 aliphatic rings. The number of piperazine rings is 1. The molecule has 33 heavy (non-hydrogen) atoms. The molecule has 0 aliphatic carbocycles. The summed E-state index contributed by atoms with van der Waals surface area (Å²) in [7, 11) is -2.53. The van der Waals surface area contributed by atoms with Crippen molar-refractivity contribution in [1.82, 2.24) is 4.90 Å². The Balaban J connectivity index is 1.41. The Morgan fingerprint density at radius 3 is 2.24 bits per heavy atom. The second-order valence-electron chi connectivity index (χ2n) is 7.59. The fraction of sp³-hybridized carbons (Fsp3) is 0.208. The highest BCUT2D eigenvalue weighted by molar-refractivity contribution is 7.92. The third-order valence-electron chi connectivity index (χ3n) is 5.49. The van der Waals surface area contributed by atoms with Crippen LogP contribution in [-0.2, 0) is 10.0 Å². The van der Waals surface area contributed by atoms with Gasteiger partial charge in [0, 0.05) is 48.1 Å². The minimum atomic E-state index is -3.92. The number of amides is 1. The smallest absolute Gasteiger partial charge is 0.265 e. The molecule has 3 aromatic carbocycles. The Labute approximate surface area is 198 Å². The molecule has 0 unspecified atom stereocenters. The van der Waals surface area contributed by atoms with Crippen LogP contribution in [-0.4, -0.2) is 52.5 Å². The minimum absolute atomic E-state index is 0.0612. The number of anilines is 2. The fourth-order valence-electron chi connectivity index (χ4n) is 3.74. The second-order valence-corrected chi connectivity index (χ2v) is 9.68. The highest BCUT2D eigenvalue weighted by atomic mass is 35.5. The van der Waals surface area contributed by atoms with Crippen LogP contribution in [0.4, 0.5) is 11.4 Å². The number of benzene rings is 3. The second kappa shape index (κ2) is 9.72. The number of rotatable bonds is 6. The van der Waals surface area contributed by atoms with E-state index in [9.17, 15) is 13.2 Å². The molecule has 0 aromatic heterocycles. The van der Waals surface area contributed by atoms with Crippen LogP contribution < -0.4 is 14.4 Å². The van der Waals surface area contributed by atoms with Crippen molar-refractivity contribution in [3.8, 4) is 5.75 Å². The summed E-state index contributed by atoms with van der Waals surface area (Å²) in [5, 5.41) is 0.282. The van der Waals surface area contributed by atoms with Crippen LogP contribution in [0.15, 0.2) is 77.7 Å². The zero-order valence-electron chi connectivity index (χ0n) is 18.1. The summed E-state index contributed by atoms with van der Waals surface area (Å²) in [5.41, 5.74) is 1.99. The number of methoxy groups -OCH3 is 1.